The fraction of sp³-hybridized carbons (Fsp3) is 0.500. The van der Waals surface area contributed by atoms with Crippen LogP contribution in [0.1, 0.15) is 19.4 Å². The zero-order chi connectivity index (χ0) is 19.6. The first-order valence-electron chi connectivity index (χ1n) is 7.59. The molecule has 5 nitrogen and oxygen atoms in total. The molecule has 0 bridgehead atoms. The maximum absolute atomic E-state index is 13.2. The first kappa shape index (κ1) is 20.6. The Hall–Kier alpha value is -1.71. The van der Waals surface area contributed by atoms with E-state index < -0.39 is 30.2 Å². The van der Waals surface area contributed by atoms with Gasteiger partial charge in [-0.25, -0.2) is 18.4 Å². The number of halogens is 5. The van der Waals surface area contributed by atoms with Crippen molar-refractivity contribution in [2.75, 3.05) is 6.61 Å². The number of hydrogen-bond donors (Lipinski definition) is 1. The number of benzene rings is 1. The molecule has 0 aliphatic heterocycles. The SMILES string of the molecule is CC(C)(COC(F)(F)C(F)F)C(O)(Cn1cncn1)c1ccc(Cl)cc1. The highest BCUT2D eigenvalue weighted by atomic mass is 35.5. The Balaban J connectivity index is 2.36. The lowest BCUT2D eigenvalue weighted by Crippen LogP contribution is -2.49. The largest absolute Gasteiger partial charge is 0.416 e. The van der Waals surface area contributed by atoms with Crippen molar-refractivity contribution in [2.45, 2.75) is 38.5 Å². The molecule has 0 saturated heterocycles. The zero-order valence-electron chi connectivity index (χ0n) is 14.0. The molecule has 1 heterocycles. The van der Waals surface area contributed by atoms with Crippen LogP contribution >= 0.6 is 11.6 Å². The highest BCUT2D eigenvalue weighted by molar-refractivity contribution is 6.30. The number of nitrogens with zero attached hydrogens (tertiary/aromatic N) is 3. The fourth-order valence-electron chi connectivity index (χ4n) is 2.43. The monoisotopic (exact) mass is 395 g/mol. The second-order valence-corrected chi connectivity index (χ2v) is 6.93. The first-order chi connectivity index (χ1) is 12.0. The molecule has 0 aliphatic rings. The van der Waals surface area contributed by atoms with E-state index in [9.17, 15) is 22.7 Å². The van der Waals surface area contributed by atoms with Gasteiger partial charge in [0.25, 0.3) is 0 Å². The number of alkyl halides is 4. The predicted octanol–water partition coefficient (Wildman–Crippen LogP) is 3.72. The van der Waals surface area contributed by atoms with Crippen molar-refractivity contribution in [1.29, 1.82) is 0 Å². The molecule has 2 aromatic rings. The summed E-state index contributed by atoms with van der Waals surface area (Å²) in [5.41, 5.74) is -2.85. The summed E-state index contributed by atoms with van der Waals surface area (Å²) < 4.78 is 56.6. The van der Waals surface area contributed by atoms with Crippen LogP contribution in [0.3, 0.4) is 0 Å². The van der Waals surface area contributed by atoms with Crippen LogP contribution in [0.2, 0.25) is 5.02 Å². The van der Waals surface area contributed by atoms with Gasteiger partial charge in [0.15, 0.2) is 0 Å². The van der Waals surface area contributed by atoms with Gasteiger partial charge in [0.05, 0.1) is 13.2 Å². The molecule has 10 heteroatoms. The fourth-order valence-corrected chi connectivity index (χ4v) is 2.56. The van der Waals surface area contributed by atoms with Gasteiger partial charge in [0, 0.05) is 10.4 Å². The normalized spacial score (nSPS) is 15.3. The van der Waals surface area contributed by atoms with Gasteiger partial charge in [-0.1, -0.05) is 37.6 Å². The topological polar surface area (TPSA) is 60.2 Å². The van der Waals surface area contributed by atoms with Crippen LogP contribution in [0.5, 0.6) is 0 Å². The van der Waals surface area contributed by atoms with Crippen LogP contribution in [-0.4, -0.2) is 39.0 Å². The van der Waals surface area contributed by atoms with Gasteiger partial charge >= 0.3 is 12.5 Å². The van der Waals surface area contributed by atoms with Crippen molar-refractivity contribution < 1.29 is 27.4 Å². The van der Waals surface area contributed by atoms with Crippen LogP contribution in [0.25, 0.3) is 0 Å². The molecule has 0 radical (unpaired) electrons. The van der Waals surface area contributed by atoms with Gasteiger partial charge < -0.3 is 9.84 Å². The molecule has 0 spiro atoms. The highest BCUT2D eigenvalue weighted by Crippen LogP contribution is 2.43. The summed E-state index contributed by atoms with van der Waals surface area (Å²) in [7, 11) is 0. The van der Waals surface area contributed by atoms with Crippen LogP contribution < -0.4 is 0 Å². The summed E-state index contributed by atoms with van der Waals surface area (Å²) in [5.74, 6) is 0. The summed E-state index contributed by atoms with van der Waals surface area (Å²) in [6.45, 7) is 1.86. The Kier molecular flexibility index (Phi) is 5.94. The molecule has 0 saturated carbocycles. The van der Waals surface area contributed by atoms with Gasteiger partial charge in [-0.05, 0) is 17.7 Å². The van der Waals surface area contributed by atoms with Crippen molar-refractivity contribution >= 4 is 11.6 Å². The van der Waals surface area contributed by atoms with E-state index in [0.29, 0.717) is 10.6 Å². The van der Waals surface area contributed by atoms with Gasteiger partial charge in [-0.2, -0.15) is 13.9 Å². The van der Waals surface area contributed by atoms with Crippen molar-refractivity contribution in [3.63, 3.8) is 0 Å². The Morgan fingerprint density at radius 1 is 1.23 bits per heavy atom. The maximum Gasteiger partial charge on any atom is 0.416 e. The van der Waals surface area contributed by atoms with Crippen LogP contribution in [0.4, 0.5) is 17.6 Å². The Labute approximate surface area is 152 Å². The Bertz CT molecular complexity index is 711. The van der Waals surface area contributed by atoms with E-state index in [2.05, 4.69) is 14.8 Å². The predicted molar refractivity (Wildman–Crippen MR) is 86.1 cm³/mol. The second-order valence-electron chi connectivity index (χ2n) is 6.50. The minimum atomic E-state index is -4.62. The summed E-state index contributed by atoms with van der Waals surface area (Å²) in [6, 6.07) is 6.08. The molecule has 2 rings (SSSR count). The highest BCUT2D eigenvalue weighted by Gasteiger charge is 2.50. The number of aliphatic hydroxyl groups is 1. The van der Waals surface area contributed by atoms with E-state index in [1.807, 2.05) is 0 Å². The van der Waals surface area contributed by atoms with Crippen molar-refractivity contribution in [3.05, 3.63) is 47.5 Å². The van der Waals surface area contributed by atoms with Crippen LogP contribution in [-0.2, 0) is 16.9 Å². The average Bonchev–Trinajstić information content (AvgIpc) is 3.06. The van der Waals surface area contributed by atoms with E-state index in [0.717, 1.165) is 0 Å². The molecule has 1 unspecified atom stereocenters. The summed E-state index contributed by atoms with van der Waals surface area (Å²) in [6.07, 6.45) is -6.01. The smallest absolute Gasteiger partial charge is 0.383 e. The minimum Gasteiger partial charge on any atom is -0.383 e. The summed E-state index contributed by atoms with van der Waals surface area (Å²) in [5, 5.41) is 15.7. The molecular weight excluding hydrogens is 378 g/mol. The first-order valence-corrected chi connectivity index (χ1v) is 7.96. The molecule has 1 aromatic carbocycles. The quantitative estimate of drug-likeness (QED) is 0.692. The van der Waals surface area contributed by atoms with Crippen molar-refractivity contribution in [2.24, 2.45) is 5.41 Å². The average molecular weight is 396 g/mol. The van der Waals surface area contributed by atoms with E-state index in [4.69, 9.17) is 11.6 Å². The molecular formula is C16H18ClF4N3O2. The van der Waals surface area contributed by atoms with E-state index in [1.165, 1.54) is 55.4 Å². The lowest BCUT2D eigenvalue weighted by Gasteiger charge is -2.43. The van der Waals surface area contributed by atoms with Gasteiger partial charge in [-0.3, -0.25) is 0 Å². The van der Waals surface area contributed by atoms with E-state index >= 15 is 0 Å². The number of ether oxygens (including phenoxy) is 1. The molecule has 1 atom stereocenters. The van der Waals surface area contributed by atoms with Crippen LogP contribution in [0, 0.1) is 5.41 Å². The Morgan fingerprint density at radius 2 is 1.85 bits per heavy atom. The molecule has 26 heavy (non-hydrogen) atoms. The van der Waals surface area contributed by atoms with E-state index in [-0.39, 0.29) is 6.54 Å². The van der Waals surface area contributed by atoms with Gasteiger partial charge in [0.1, 0.15) is 18.3 Å². The summed E-state index contributed by atoms with van der Waals surface area (Å²) in [4.78, 5) is 3.77. The van der Waals surface area contributed by atoms with Crippen molar-refractivity contribution in [1.82, 2.24) is 14.8 Å². The minimum absolute atomic E-state index is 0.161. The molecule has 1 N–H and O–H groups in total. The second kappa shape index (κ2) is 7.50. The molecule has 0 amide bonds. The molecule has 0 aliphatic carbocycles. The number of aromatic nitrogens is 3. The number of rotatable bonds is 8. The van der Waals surface area contributed by atoms with Crippen LogP contribution in [0.15, 0.2) is 36.9 Å². The van der Waals surface area contributed by atoms with Gasteiger partial charge in [-0.15, -0.1) is 0 Å². The molecule has 144 valence electrons. The zero-order valence-corrected chi connectivity index (χ0v) is 14.8. The number of hydrogen-bond acceptors (Lipinski definition) is 4. The van der Waals surface area contributed by atoms with Gasteiger partial charge in [0.2, 0.25) is 0 Å². The third-order valence-electron chi connectivity index (χ3n) is 4.18. The third-order valence-corrected chi connectivity index (χ3v) is 4.43. The molecule has 1 aromatic heterocycles. The lowest BCUT2D eigenvalue weighted by molar-refractivity contribution is -0.316. The lowest BCUT2D eigenvalue weighted by atomic mass is 9.71. The Morgan fingerprint density at radius 3 is 2.35 bits per heavy atom. The third kappa shape index (κ3) is 4.33. The molecule has 0 fully saturated rings. The maximum atomic E-state index is 13.2. The summed E-state index contributed by atoms with van der Waals surface area (Å²) >= 11 is 5.86. The van der Waals surface area contributed by atoms with Crippen molar-refractivity contribution in [3.8, 4) is 0 Å². The standard InChI is InChI=1S/C16H18ClF4N3O2/c1-14(2,8-26-16(20,21)13(18)19)15(25,7-24-10-22-9-23-24)11-3-5-12(17)6-4-11/h3-6,9-10,13,25H,7-8H2,1-2H3. The van der Waals surface area contributed by atoms with E-state index in [1.54, 1.807) is 0 Å².